The number of rotatable bonds is 6. The molecule has 1 atom stereocenters. The van der Waals surface area contributed by atoms with Crippen molar-refractivity contribution in [3.05, 3.63) is 0 Å². The van der Waals surface area contributed by atoms with Crippen LogP contribution in [0.4, 0.5) is 0 Å². The van der Waals surface area contributed by atoms with Crippen LogP contribution in [0.2, 0.25) is 0 Å². The molecule has 82 valence electrons. The molecule has 0 rings (SSSR count). The molecule has 0 aromatic carbocycles. The normalized spacial score (nSPS) is 12.2. The second-order valence-corrected chi connectivity index (χ2v) is 3.86. The van der Waals surface area contributed by atoms with Gasteiger partial charge >= 0.3 is 0 Å². The number of unbranched alkanes of at least 4 members (excludes halogenated alkanes) is 2. The van der Waals surface area contributed by atoms with E-state index in [1.807, 2.05) is 13.8 Å². The summed E-state index contributed by atoms with van der Waals surface area (Å²) in [6, 6.07) is 0. The van der Waals surface area contributed by atoms with Crippen LogP contribution < -0.4 is 0 Å². The third-order valence-electron chi connectivity index (χ3n) is 1.98. The Bertz CT molecular complexity index is 79.2. The minimum absolute atomic E-state index is 0.872. The van der Waals surface area contributed by atoms with Crippen LogP contribution in [0.1, 0.15) is 53.4 Å². The first-order chi connectivity index (χ1) is 6.16. The molecule has 0 aromatic heterocycles. The molecular formula is C12H29N. The Balaban J connectivity index is 0. The Hall–Kier alpha value is -0.0400. The number of nitrogens with zero attached hydrogens (tertiary/aromatic N) is 1. The van der Waals surface area contributed by atoms with E-state index >= 15 is 0 Å². The fourth-order valence-corrected chi connectivity index (χ4v) is 1.46. The molecule has 0 saturated heterocycles. The van der Waals surface area contributed by atoms with E-state index < -0.39 is 0 Å². The van der Waals surface area contributed by atoms with E-state index in [0.717, 1.165) is 5.92 Å². The highest BCUT2D eigenvalue weighted by molar-refractivity contribution is 4.55. The van der Waals surface area contributed by atoms with Crippen molar-refractivity contribution in [1.82, 2.24) is 4.90 Å². The molecule has 0 bridgehead atoms. The first-order valence-electron chi connectivity index (χ1n) is 5.81. The van der Waals surface area contributed by atoms with E-state index in [2.05, 4.69) is 32.8 Å². The molecule has 0 fully saturated rings. The zero-order valence-corrected chi connectivity index (χ0v) is 10.6. The van der Waals surface area contributed by atoms with Gasteiger partial charge in [-0.1, -0.05) is 47.0 Å². The zero-order valence-electron chi connectivity index (χ0n) is 10.6. The van der Waals surface area contributed by atoms with Crippen molar-refractivity contribution in [2.45, 2.75) is 53.4 Å². The number of hydrogen-bond donors (Lipinski definition) is 0. The van der Waals surface area contributed by atoms with Crippen molar-refractivity contribution in [3.8, 4) is 0 Å². The van der Waals surface area contributed by atoms with Crippen LogP contribution in [-0.4, -0.2) is 25.5 Å². The monoisotopic (exact) mass is 187 g/mol. The molecule has 0 aliphatic rings. The first kappa shape index (κ1) is 15.4. The molecule has 0 unspecified atom stereocenters. The fourth-order valence-electron chi connectivity index (χ4n) is 1.46. The van der Waals surface area contributed by atoms with Crippen molar-refractivity contribution in [3.63, 3.8) is 0 Å². The van der Waals surface area contributed by atoms with Gasteiger partial charge in [0.2, 0.25) is 0 Å². The lowest BCUT2D eigenvalue weighted by molar-refractivity contribution is 0.322. The Morgan fingerprint density at radius 3 is 2.00 bits per heavy atom. The Labute approximate surface area is 85.5 Å². The second kappa shape index (κ2) is 12.0. The van der Waals surface area contributed by atoms with Gasteiger partial charge in [-0.3, -0.25) is 0 Å². The predicted molar refractivity (Wildman–Crippen MR) is 63.2 cm³/mol. The smallest absolute Gasteiger partial charge is 0.0000920 e. The lowest BCUT2D eigenvalue weighted by Crippen LogP contribution is -2.19. The molecule has 13 heavy (non-hydrogen) atoms. The van der Waals surface area contributed by atoms with Crippen LogP contribution in [0.25, 0.3) is 0 Å². The maximum absolute atomic E-state index is 2.34. The number of hydrogen-bond acceptors (Lipinski definition) is 1. The van der Waals surface area contributed by atoms with Gasteiger partial charge in [-0.05, 0) is 26.4 Å². The molecule has 0 aliphatic carbocycles. The van der Waals surface area contributed by atoms with Crippen molar-refractivity contribution < 1.29 is 0 Å². The Kier molecular flexibility index (Phi) is 14.2. The largest absolute Gasteiger partial charge is 0.309 e. The first-order valence-corrected chi connectivity index (χ1v) is 5.81. The van der Waals surface area contributed by atoms with Crippen molar-refractivity contribution in [1.29, 1.82) is 0 Å². The van der Waals surface area contributed by atoms with Crippen LogP contribution in [0.15, 0.2) is 0 Å². The topological polar surface area (TPSA) is 3.24 Å². The summed E-state index contributed by atoms with van der Waals surface area (Å²) in [5.41, 5.74) is 0. The van der Waals surface area contributed by atoms with Crippen LogP contribution in [-0.2, 0) is 0 Å². The summed E-state index contributed by atoms with van der Waals surface area (Å²) < 4.78 is 0. The molecule has 0 spiro atoms. The van der Waals surface area contributed by atoms with Gasteiger partial charge < -0.3 is 4.90 Å². The molecule has 1 heteroatoms. The summed E-state index contributed by atoms with van der Waals surface area (Å²) in [4.78, 5) is 2.27. The molecule has 0 aliphatic heterocycles. The predicted octanol–water partition coefficient (Wildman–Crippen LogP) is 3.79. The fraction of sp³-hybridized carbons (Fsp3) is 1.00. The van der Waals surface area contributed by atoms with Crippen LogP contribution in [0.5, 0.6) is 0 Å². The summed E-state index contributed by atoms with van der Waals surface area (Å²) >= 11 is 0. The average molecular weight is 187 g/mol. The molecule has 0 radical (unpaired) electrons. The van der Waals surface area contributed by atoms with Gasteiger partial charge in [0.15, 0.2) is 0 Å². The average Bonchev–Trinajstić information content (AvgIpc) is 2.07. The molecule has 0 aromatic rings. The van der Waals surface area contributed by atoms with Crippen LogP contribution in [0, 0.1) is 5.92 Å². The van der Waals surface area contributed by atoms with Gasteiger partial charge in [0.25, 0.3) is 0 Å². The van der Waals surface area contributed by atoms with Crippen LogP contribution in [0.3, 0.4) is 0 Å². The van der Waals surface area contributed by atoms with E-state index in [1.165, 1.54) is 32.2 Å². The maximum Gasteiger partial charge on any atom is 0.0000920 e. The summed E-state index contributed by atoms with van der Waals surface area (Å²) in [5.74, 6) is 0.872. The molecule has 0 amide bonds. The van der Waals surface area contributed by atoms with E-state index in [4.69, 9.17) is 0 Å². The lowest BCUT2D eigenvalue weighted by Gasteiger charge is -2.16. The van der Waals surface area contributed by atoms with Crippen molar-refractivity contribution in [2.24, 2.45) is 5.92 Å². The van der Waals surface area contributed by atoms with E-state index in [1.54, 1.807) is 0 Å². The van der Waals surface area contributed by atoms with E-state index in [0.29, 0.717) is 0 Å². The highest BCUT2D eigenvalue weighted by Crippen LogP contribution is 2.09. The maximum atomic E-state index is 2.34. The SMILES string of the molecule is CC.CCCCC[C@H](C)CN(C)C. The zero-order chi connectivity index (χ0) is 10.7. The molecule has 0 saturated carbocycles. The van der Waals surface area contributed by atoms with E-state index in [9.17, 15) is 0 Å². The highest BCUT2D eigenvalue weighted by atomic mass is 15.1. The van der Waals surface area contributed by atoms with Crippen molar-refractivity contribution >= 4 is 0 Å². The molecule has 0 heterocycles. The summed E-state index contributed by atoms with van der Waals surface area (Å²) in [6.07, 6.45) is 5.55. The van der Waals surface area contributed by atoms with Gasteiger partial charge in [-0.15, -0.1) is 0 Å². The molecule has 0 N–H and O–H groups in total. The minimum Gasteiger partial charge on any atom is -0.309 e. The highest BCUT2D eigenvalue weighted by Gasteiger charge is 2.01. The van der Waals surface area contributed by atoms with Crippen LogP contribution >= 0.6 is 0 Å². The Morgan fingerprint density at radius 2 is 1.62 bits per heavy atom. The van der Waals surface area contributed by atoms with Gasteiger partial charge in [-0.25, -0.2) is 0 Å². The third kappa shape index (κ3) is 14.8. The van der Waals surface area contributed by atoms with Crippen molar-refractivity contribution in [2.75, 3.05) is 20.6 Å². The summed E-state index contributed by atoms with van der Waals surface area (Å²) in [7, 11) is 4.30. The molecule has 1 nitrogen and oxygen atoms in total. The minimum atomic E-state index is 0.872. The van der Waals surface area contributed by atoms with Gasteiger partial charge in [-0.2, -0.15) is 0 Å². The Morgan fingerprint density at radius 1 is 1.08 bits per heavy atom. The molecular weight excluding hydrogens is 158 g/mol. The van der Waals surface area contributed by atoms with Gasteiger partial charge in [0.1, 0.15) is 0 Å². The summed E-state index contributed by atoms with van der Waals surface area (Å²) in [6.45, 7) is 9.84. The standard InChI is InChI=1S/C10H23N.C2H6/c1-5-6-7-8-10(2)9-11(3)4;1-2/h10H,5-9H2,1-4H3;1-2H3/t10-;/m0./s1. The third-order valence-corrected chi connectivity index (χ3v) is 1.98. The summed E-state index contributed by atoms with van der Waals surface area (Å²) in [5, 5.41) is 0. The van der Waals surface area contributed by atoms with Gasteiger partial charge in [0, 0.05) is 6.54 Å². The lowest BCUT2D eigenvalue weighted by atomic mass is 10.0. The van der Waals surface area contributed by atoms with E-state index in [-0.39, 0.29) is 0 Å². The van der Waals surface area contributed by atoms with Gasteiger partial charge in [0.05, 0.1) is 0 Å². The quantitative estimate of drug-likeness (QED) is 0.572. The second-order valence-electron chi connectivity index (χ2n) is 3.86.